The minimum atomic E-state index is 0. The molecule has 0 saturated heterocycles. The average Bonchev–Trinajstić information content (AvgIpc) is 3.18. The van der Waals surface area contributed by atoms with Gasteiger partial charge in [-0.25, -0.2) is 9.98 Å². The molecule has 0 aliphatic heterocycles. The number of aromatic amines is 1. The summed E-state index contributed by atoms with van der Waals surface area (Å²) in [7, 11) is 1.92. The first-order chi connectivity index (χ1) is 11.8. The summed E-state index contributed by atoms with van der Waals surface area (Å²) >= 11 is 0. The van der Waals surface area contributed by atoms with Crippen molar-refractivity contribution in [3.63, 3.8) is 0 Å². The number of hydrogen-bond donors (Lipinski definition) is 3. The second-order valence-corrected chi connectivity index (χ2v) is 5.52. The molecule has 0 amide bonds. The molecule has 2 heterocycles. The van der Waals surface area contributed by atoms with Crippen LogP contribution in [0, 0.1) is 0 Å². The summed E-state index contributed by atoms with van der Waals surface area (Å²) < 4.78 is 1.83. The molecule has 8 heteroatoms. The van der Waals surface area contributed by atoms with Crippen LogP contribution in [0.4, 0.5) is 0 Å². The minimum Gasteiger partial charge on any atom is -0.357 e. The monoisotopic (exact) mass is 453 g/mol. The standard InChI is InChI=1S/C17H23N7.HI/c1-3-18-17(20-12-13-8-11-21-24(13)2)19-10-9-16-22-14-6-4-5-7-15(14)23-16;/h4-8,11H,3,9-10,12H2,1-2H3,(H,22,23)(H2,18,19,20);1H. The highest BCUT2D eigenvalue weighted by Crippen LogP contribution is 2.10. The Balaban J connectivity index is 0.00000225. The largest absolute Gasteiger partial charge is 0.357 e. The zero-order valence-electron chi connectivity index (χ0n) is 14.5. The first-order valence-electron chi connectivity index (χ1n) is 8.19. The molecule has 2 aromatic heterocycles. The number of nitrogens with one attached hydrogen (secondary N) is 3. The van der Waals surface area contributed by atoms with Crippen molar-refractivity contribution in [3.8, 4) is 0 Å². The molecule has 0 aliphatic rings. The van der Waals surface area contributed by atoms with Gasteiger partial charge in [0.05, 0.1) is 23.3 Å². The summed E-state index contributed by atoms with van der Waals surface area (Å²) in [6.07, 6.45) is 2.59. The van der Waals surface area contributed by atoms with E-state index in [2.05, 4.69) is 37.6 Å². The Morgan fingerprint density at radius 2 is 2.08 bits per heavy atom. The van der Waals surface area contributed by atoms with Crippen molar-refractivity contribution in [1.29, 1.82) is 0 Å². The molecular formula is C17H24IN7. The predicted molar refractivity (Wildman–Crippen MR) is 111 cm³/mol. The Kier molecular flexibility index (Phi) is 7.23. The summed E-state index contributed by atoms with van der Waals surface area (Å²) in [5.74, 6) is 1.78. The smallest absolute Gasteiger partial charge is 0.191 e. The van der Waals surface area contributed by atoms with Crippen LogP contribution in [0.3, 0.4) is 0 Å². The van der Waals surface area contributed by atoms with Gasteiger partial charge in [0.15, 0.2) is 5.96 Å². The summed E-state index contributed by atoms with van der Waals surface area (Å²) in [6.45, 7) is 4.23. The van der Waals surface area contributed by atoms with Gasteiger partial charge in [-0.05, 0) is 25.1 Å². The normalized spacial score (nSPS) is 11.4. The van der Waals surface area contributed by atoms with Gasteiger partial charge in [0, 0.05) is 32.8 Å². The highest BCUT2D eigenvalue weighted by molar-refractivity contribution is 14.0. The van der Waals surface area contributed by atoms with Crippen LogP contribution in [0.2, 0.25) is 0 Å². The van der Waals surface area contributed by atoms with E-state index in [0.29, 0.717) is 6.54 Å². The molecule has 0 atom stereocenters. The van der Waals surface area contributed by atoms with Crippen molar-refractivity contribution in [2.45, 2.75) is 19.9 Å². The number of halogens is 1. The fourth-order valence-electron chi connectivity index (χ4n) is 2.48. The van der Waals surface area contributed by atoms with Crippen molar-refractivity contribution < 1.29 is 0 Å². The van der Waals surface area contributed by atoms with E-state index in [1.165, 1.54) is 0 Å². The SMILES string of the molecule is CCNC(=NCc1ccnn1C)NCCc1nc2ccccc2[nH]1.I. The maximum Gasteiger partial charge on any atom is 0.191 e. The minimum absolute atomic E-state index is 0. The molecule has 0 radical (unpaired) electrons. The van der Waals surface area contributed by atoms with E-state index in [1.807, 2.05) is 42.1 Å². The van der Waals surface area contributed by atoms with E-state index in [0.717, 1.165) is 48.0 Å². The second kappa shape index (κ2) is 9.40. The van der Waals surface area contributed by atoms with E-state index in [4.69, 9.17) is 0 Å². The van der Waals surface area contributed by atoms with Crippen LogP contribution in [0.5, 0.6) is 0 Å². The lowest BCUT2D eigenvalue weighted by Crippen LogP contribution is -2.38. The van der Waals surface area contributed by atoms with Crippen LogP contribution in [-0.2, 0) is 20.0 Å². The number of nitrogens with zero attached hydrogens (tertiary/aromatic N) is 4. The third-order valence-corrected chi connectivity index (χ3v) is 3.76. The van der Waals surface area contributed by atoms with Crippen molar-refractivity contribution in [2.24, 2.45) is 12.0 Å². The lowest BCUT2D eigenvalue weighted by atomic mass is 10.3. The molecule has 1 aromatic carbocycles. The summed E-state index contributed by atoms with van der Waals surface area (Å²) in [5.41, 5.74) is 3.15. The first-order valence-corrected chi connectivity index (χ1v) is 8.19. The van der Waals surface area contributed by atoms with Crippen molar-refractivity contribution in [2.75, 3.05) is 13.1 Å². The Labute approximate surface area is 164 Å². The zero-order valence-corrected chi connectivity index (χ0v) is 16.8. The van der Waals surface area contributed by atoms with E-state index < -0.39 is 0 Å². The highest BCUT2D eigenvalue weighted by Gasteiger charge is 2.03. The molecule has 0 fully saturated rings. The molecule has 0 spiro atoms. The molecule has 0 bridgehead atoms. The average molecular weight is 453 g/mol. The Morgan fingerprint density at radius 3 is 2.80 bits per heavy atom. The molecule has 134 valence electrons. The number of aromatic nitrogens is 4. The van der Waals surface area contributed by atoms with Gasteiger partial charge in [-0.2, -0.15) is 5.10 Å². The van der Waals surface area contributed by atoms with Gasteiger partial charge in [0.1, 0.15) is 5.82 Å². The fourth-order valence-corrected chi connectivity index (χ4v) is 2.48. The number of hydrogen-bond acceptors (Lipinski definition) is 3. The molecular weight excluding hydrogens is 429 g/mol. The fraction of sp³-hybridized carbons (Fsp3) is 0.353. The Morgan fingerprint density at radius 1 is 1.24 bits per heavy atom. The third kappa shape index (κ3) is 5.18. The summed E-state index contributed by atoms with van der Waals surface area (Å²) in [5, 5.41) is 10.8. The number of H-pyrrole nitrogens is 1. The van der Waals surface area contributed by atoms with E-state index in [1.54, 1.807) is 6.20 Å². The van der Waals surface area contributed by atoms with Crippen molar-refractivity contribution in [1.82, 2.24) is 30.4 Å². The van der Waals surface area contributed by atoms with Crippen LogP contribution >= 0.6 is 24.0 Å². The van der Waals surface area contributed by atoms with Gasteiger partial charge in [-0.3, -0.25) is 4.68 Å². The molecule has 0 saturated carbocycles. The Hall–Kier alpha value is -2.10. The molecule has 3 N–H and O–H groups in total. The number of para-hydroxylation sites is 2. The molecule has 3 rings (SSSR count). The van der Waals surface area contributed by atoms with Gasteiger partial charge < -0.3 is 15.6 Å². The number of fused-ring (bicyclic) bond motifs is 1. The maximum absolute atomic E-state index is 4.59. The van der Waals surface area contributed by atoms with Crippen LogP contribution in [-0.4, -0.2) is 38.8 Å². The molecule has 0 aliphatic carbocycles. The zero-order chi connectivity index (χ0) is 16.8. The third-order valence-electron chi connectivity index (χ3n) is 3.76. The number of rotatable bonds is 6. The second-order valence-electron chi connectivity index (χ2n) is 5.52. The van der Waals surface area contributed by atoms with Crippen molar-refractivity contribution in [3.05, 3.63) is 48.0 Å². The van der Waals surface area contributed by atoms with Crippen LogP contribution in [0.15, 0.2) is 41.5 Å². The number of imidazole rings is 1. The van der Waals surface area contributed by atoms with E-state index >= 15 is 0 Å². The molecule has 25 heavy (non-hydrogen) atoms. The molecule has 3 aromatic rings. The van der Waals surface area contributed by atoms with Crippen molar-refractivity contribution >= 4 is 41.0 Å². The number of aliphatic imine (C=N–C) groups is 1. The van der Waals surface area contributed by atoms with E-state index in [9.17, 15) is 0 Å². The van der Waals surface area contributed by atoms with Crippen LogP contribution < -0.4 is 10.6 Å². The number of aryl methyl sites for hydroxylation is 1. The topological polar surface area (TPSA) is 82.9 Å². The van der Waals surface area contributed by atoms with E-state index in [-0.39, 0.29) is 24.0 Å². The van der Waals surface area contributed by atoms with Gasteiger partial charge in [0.25, 0.3) is 0 Å². The first kappa shape index (κ1) is 19.2. The van der Waals surface area contributed by atoms with Crippen LogP contribution in [0.1, 0.15) is 18.4 Å². The van der Waals surface area contributed by atoms with Gasteiger partial charge in [0.2, 0.25) is 0 Å². The molecule has 0 unspecified atom stereocenters. The lowest BCUT2D eigenvalue weighted by molar-refractivity contribution is 0.706. The summed E-state index contributed by atoms with van der Waals surface area (Å²) in [6, 6.07) is 10.0. The molecule has 7 nitrogen and oxygen atoms in total. The highest BCUT2D eigenvalue weighted by atomic mass is 127. The quantitative estimate of drug-likeness (QED) is 0.304. The maximum atomic E-state index is 4.59. The number of benzene rings is 1. The Bertz CT molecular complexity index is 788. The van der Waals surface area contributed by atoms with Gasteiger partial charge in [-0.15, -0.1) is 24.0 Å². The number of guanidine groups is 1. The predicted octanol–water partition coefficient (Wildman–Crippen LogP) is 2.21. The summed E-state index contributed by atoms with van der Waals surface area (Å²) in [4.78, 5) is 12.5. The van der Waals surface area contributed by atoms with Crippen LogP contribution in [0.25, 0.3) is 11.0 Å². The van der Waals surface area contributed by atoms with Gasteiger partial charge >= 0.3 is 0 Å². The lowest BCUT2D eigenvalue weighted by Gasteiger charge is -2.10. The van der Waals surface area contributed by atoms with Gasteiger partial charge in [-0.1, -0.05) is 12.1 Å².